The number of primary sulfonamides is 1. The average Bonchev–Trinajstić information content (AvgIpc) is 3.00. The van der Waals surface area contributed by atoms with Crippen molar-refractivity contribution in [1.82, 2.24) is 0 Å². The molecule has 0 aliphatic heterocycles. The Labute approximate surface area is 94.2 Å². The van der Waals surface area contributed by atoms with E-state index in [-0.39, 0.29) is 11.0 Å². The average molecular weight is 243 g/mol. The van der Waals surface area contributed by atoms with Crippen molar-refractivity contribution in [2.24, 2.45) is 5.14 Å². The van der Waals surface area contributed by atoms with Crippen molar-refractivity contribution in [3.05, 3.63) is 18.2 Å². The molecule has 0 bridgehead atoms. The minimum atomic E-state index is -3.70. The number of methoxy groups -OCH3 is 1. The van der Waals surface area contributed by atoms with Gasteiger partial charge in [0.2, 0.25) is 10.0 Å². The fourth-order valence-electron chi connectivity index (χ4n) is 1.29. The predicted octanol–water partition coefficient (Wildman–Crippen LogP) is 0.884. The van der Waals surface area contributed by atoms with Gasteiger partial charge in [-0.1, -0.05) is 0 Å². The van der Waals surface area contributed by atoms with Crippen LogP contribution in [0.2, 0.25) is 0 Å². The van der Waals surface area contributed by atoms with Crippen molar-refractivity contribution in [3.63, 3.8) is 0 Å². The third kappa shape index (κ3) is 2.45. The summed E-state index contributed by atoms with van der Waals surface area (Å²) >= 11 is 0. The quantitative estimate of drug-likeness (QED) is 0.851. The molecule has 2 N–H and O–H groups in total. The van der Waals surface area contributed by atoms with Gasteiger partial charge >= 0.3 is 0 Å². The number of rotatable bonds is 4. The van der Waals surface area contributed by atoms with Crippen LogP contribution in [0.1, 0.15) is 12.8 Å². The molecule has 0 unspecified atom stereocenters. The first-order valence-corrected chi connectivity index (χ1v) is 6.43. The molecular weight excluding hydrogens is 230 g/mol. The lowest BCUT2D eigenvalue weighted by molar-refractivity contribution is 0.281. The highest BCUT2D eigenvalue weighted by atomic mass is 32.2. The molecule has 0 aromatic heterocycles. The lowest BCUT2D eigenvalue weighted by Gasteiger charge is -2.10. The molecule has 1 aliphatic rings. The van der Waals surface area contributed by atoms with Gasteiger partial charge in [0.25, 0.3) is 0 Å². The van der Waals surface area contributed by atoms with Crippen LogP contribution in [0, 0.1) is 0 Å². The van der Waals surface area contributed by atoms with E-state index in [4.69, 9.17) is 14.6 Å². The maximum atomic E-state index is 11.2. The molecule has 1 fully saturated rings. The molecule has 16 heavy (non-hydrogen) atoms. The van der Waals surface area contributed by atoms with Crippen molar-refractivity contribution >= 4 is 10.0 Å². The lowest BCUT2D eigenvalue weighted by atomic mass is 10.3. The molecule has 0 amide bonds. The predicted molar refractivity (Wildman–Crippen MR) is 58.0 cm³/mol. The molecule has 0 saturated heterocycles. The Morgan fingerprint density at radius 1 is 1.31 bits per heavy atom. The first-order valence-electron chi connectivity index (χ1n) is 4.88. The van der Waals surface area contributed by atoms with E-state index >= 15 is 0 Å². The van der Waals surface area contributed by atoms with Crippen molar-refractivity contribution in [2.45, 2.75) is 23.8 Å². The van der Waals surface area contributed by atoms with E-state index in [2.05, 4.69) is 0 Å². The molecule has 1 saturated carbocycles. The number of nitrogens with two attached hydrogens (primary N) is 1. The largest absolute Gasteiger partial charge is 0.493 e. The molecule has 1 aromatic rings. The summed E-state index contributed by atoms with van der Waals surface area (Å²) in [7, 11) is -2.20. The Balaban J connectivity index is 2.37. The molecule has 1 aromatic carbocycles. The minimum Gasteiger partial charge on any atom is -0.493 e. The first kappa shape index (κ1) is 11.2. The second kappa shape index (κ2) is 3.95. The molecule has 2 rings (SSSR count). The Hall–Kier alpha value is -1.27. The van der Waals surface area contributed by atoms with Gasteiger partial charge in [0.15, 0.2) is 11.5 Å². The third-order valence-electron chi connectivity index (χ3n) is 2.28. The third-order valence-corrected chi connectivity index (χ3v) is 3.19. The molecular formula is C10H13NO4S. The summed E-state index contributed by atoms with van der Waals surface area (Å²) in [5.74, 6) is 0.941. The van der Waals surface area contributed by atoms with Gasteiger partial charge in [-0.2, -0.15) is 0 Å². The van der Waals surface area contributed by atoms with E-state index in [9.17, 15) is 8.42 Å². The smallest absolute Gasteiger partial charge is 0.238 e. The van der Waals surface area contributed by atoms with Gasteiger partial charge in [-0.15, -0.1) is 0 Å². The van der Waals surface area contributed by atoms with E-state index in [1.165, 1.54) is 25.3 Å². The van der Waals surface area contributed by atoms with Crippen molar-refractivity contribution in [2.75, 3.05) is 7.11 Å². The fraction of sp³-hybridized carbons (Fsp3) is 0.400. The molecule has 5 nitrogen and oxygen atoms in total. The van der Waals surface area contributed by atoms with E-state index in [1.54, 1.807) is 0 Å². The van der Waals surface area contributed by atoms with Gasteiger partial charge < -0.3 is 9.47 Å². The highest BCUT2D eigenvalue weighted by molar-refractivity contribution is 7.89. The molecule has 0 atom stereocenters. The van der Waals surface area contributed by atoms with Gasteiger partial charge in [-0.3, -0.25) is 0 Å². The van der Waals surface area contributed by atoms with Crippen LogP contribution in [0.15, 0.2) is 23.1 Å². The zero-order chi connectivity index (χ0) is 11.8. The lowest BCUT2D eigenvalue weighted by Crippen LogP contribution is -2.12. The normalized spacial score (nSPS) is 15.9. The van der Waals surface area contributed by atoms with Crippen LogP contribution in [0.25, 0.3) is 0 Å². The molecule has 0 spiro atoms. The zero-order valence-electron chi connectivity index (χ0n) is 8.84. The molecule has 0 heterocycles. The Bertz CT molecular complexity index is 494. The van der Waals surface area contributed by atoms with Crippen LogP contribution in [0.4, 0.5) is 0 Å². The molecule has 1 aliphatic carbocycles. The summed E-state index contributed by atoms with van der Waals surface area (Å²) in [5, 5.41) is 5.04. The second-order valence-electron chi connectivity index (χ2n) is 3.67. The SMILES string of the molecule is COc1ccc(S(N)(=O)=O)cc1OC1CC1. The second-order valence-corrected chi connectivity index (χ2v) is 5.24. The van der Waals surface area contributed by atoms with Crippen LogP contribution in [-0.2, 0) is 10.0 Å². The summed E-state index contributed by atoms with van der Waals surface area (Å²) in [6, 6.07) is 4.33. The number of hydrogen-bond acceptors (Lipinski definition) is 4. The Morgan fingerprint density at radius 3 is 2.50 bits per heavy atom. The van der Waals surface area contributed by atoms with Crippen LogP contribution in [0.5, 0.6) is 11.5 Å². The number of benzene rings is 1. The van der Waals surface area contributed by atoms with Gasteiger partial charge in [0, 0.05) is 6.07 Å². The topological polar surface area (TPSA) is 78.6 Å². The standard InChI is InChI=1S/C10H13NO4S/c1-14-9-5-4-8(16(11,12)13)6-10(9)15-7-2-3-7/h4-7H,2-3H2,1H3,(H2,11,12,13). The maximum absolute atomic E-state index is 11.2. The number of sulfonamides is 1. The summed E-state index contributed by atoms with van der Waals surface area (Å²) < 4.78 is 33.0. The molecule has 6 heteroatoms. The van der Waals surface area contributed by atoms with E-state index in [0.717, 1.165) is 12.8 Å². The Kier molecular flexibility index (Phi) is 2.77. The van der Waals surface area contributed by atoms with Crippen LogP contribution in [-0.4, -0.2) is 21.6 Å². The van der Waals surface area contributed by atoms with Gasteiger partial charge in [0.05, 0.1) is 18.1 Å². The Morgan fingerprint density at radius 2 is 2.00 bits per heavy atom. The highest BCUT2D eigenvalue weighted by Gasteiger charge is 2.25. The van der Waals surface area contributed by atoms with E-state index in [1.807, 2.05) is 0 Å². The monoisotopic (exact) mass is 243 g/mol. The van der Waals surface area contributed by atoms with Crippen molar-refractivity contribution < 1.29 is 17.9 Å². The van der Waals surface area contributed by atoms with Crippen LogP contribution < -0.4 is 14.6 Å². The van der Waals surface area contributed by atoms with Crippen LogP contribution >= 0.6 is 0 Å². The van der Waals surface area contributed by atoms with Crippen molar-refractivity contribution in [1.29, 1.82) is 0 Å². The molecule has 0 radical (unpaired) electrons. The minimum absolute atomic E-state index is 0.0314. The summed E-state index contributed by atoms with van der Waals surface area (Å²) in [6.45, 7) is 0. The maximum Gasteiger partial charge on any atom is 0.238 e. The van der Waals surface area contributed by atoms with Crippen molar-refractivity contribution in [3.8, 4) is 11.5 Å². The zero-order valence-corrected chi connectivity index (χ0v) is 9.66. The van der Waals surface area contributed by atoms with Gasteiger partial charge in [0.1, 0.15) is 0 Å². The summed E-state index contributed by atoms with van der Waals surface area (Å²) in [4.78, 5) is 0.0314. The molecule has 88 valence electrons. The van der Waals surface area contributed by atoms with Gasteiger partial charge in [-0.25, -0.2) is 13.6 Å². The number of hydrogen-bond donors (Lipinski definition) is 1. The highest BCUT2D eigenvalue weighted by Crippen LogP contribution is 2.34. The number of ether oxygens (including phenoxy) is 2. The van der Waals surface area contributed by atoms with Gasteiger partial charge in [-0.05, 0) is 25.0 Å². The van der Waals surface area contributed by atoms with E-state index in [0.29, 0.717) is 11.5 Å². The first-order chi connectivity index (χ1) is 7.50. The van der Waals surface area contributed by atoms with E-state index < -0.39 is 10.0 Å². The summed E-state index contributed by atoms with van der Waals surface area (Å²) in [6.07, 6.45) is 2.15. The fourth-order valence-corrected chi connectivity index (χ4v) is 1.82. The van der Waals surface area contributed by atoms with Crippen LogP contribution in [0.3, 0.4) is 0 Å². The summed E-state index contributed by atoms with van der Waals surface area (Å²) in [5.41, 5.74) is 0.